The van der Waals surface area contributed by atoms with Crippen molar-refractivity contribution < 1.29 is 9.59 Å². The molecule has 0 radical (unpaired) electrons. The SMILES string of the molecule is CC(C)(C)SCC(=O)N1CCCC(CNC(=O)C2CCCN2)C1. The molecule has 2 atom stereocenters. The molecule has 0 aliphatic carbocycles. The van der Waals surface area contributed by atoms with Crippen LogP contribution in [0.1, 0.15) is 46.5 Å². The van der Waals surface area contributed by atoms with Gasteiger partial charge in [0.1, 0.15) is 0 Å². The minimum atomic E-state index is -0.0143. The Bertz CT molecular complexity index is 417. The molecular weight excluding hydrogens is 310 g/mol. The number of likely N-dealkylation sites (tertiary alicyclic amines) is 1. The first-order valence-corrected chi connectivity index (χ1v) is 9.76. The zero-order valence-electron chi connectivity index (χ0n) is 14.7. The maximum Gasteiger partial charge on any atom is 0.237 e. The molecule has 2 saturated heterocycles. The van der Waals surface area contributed by atoms with E-state index in [1.807, 2.05) is 4.90 Å². The lowest BCUT2D eigenvalue weighted by Crippen LogP contribution is -2.47. The van der Waals surface area contributed by atoms with Crippen LogP contribution in [0.25, 0.3) is 0 Å². The molecule has 6 heteroatoms. The highest BCUT2D eigenvalue weighted by Crippen LogP contribution is 2.24. The maximum atomic E-state index is 12.3. The number of nitrogens with one attached hydrogen (secondary N) is 2. The number of amides is 2. The summed E-state index contributed by atoms with van der Waals surface area (Å²) in [5.74, 6) is 1.29. The van der Waals surface area contributed by atoms with Crippen LogP contribution in [0.2, 0.25) is 0 Å². The predicted octanol–water partition coefficient (Wildman–Crippen LogP) is 1.62. The lowest BCUT2D eigenvalue weighted by atomic mass is 9.98. The highest BCUT2D eigenvalue weighted by Gasteiger charge is 2.27. The molecule has 0 aromatic rings. The first kappa shape index (κ1) is 18.6. The summed E-state index contributed by atoms with van der Waals surface area (Å²) in [4.78, 5) is 26.4. The van der Waals surface area contributed by atoms with E-state index in [1.54, 1.807) is 11.8 Å². The number of rotatable bonds is 5. The van der Waals surface area contributed by atoms with Crippen molar-refractivity contribution in [2.45, 2.75) is 57.2 Å². The number of piperidine rings is 1. The lowest BCUT2D eigenvalue weighted by Gasteiger charge is -2.33. The monoisotopic (exact) mass is 341 g/mol. The number of thioether (sulfide) groups is 1. The van der Waals surface area contributed by atoms with E-state index in [2.05, 4.69) is 31.4 Å². The normalized spacial score (nSPS) is 25.4. The van der Waals surface area contributed by atoms with Gasteiger partial charge in [0.05, 0.1) is 11.8 Å². The van der Waals surface area contributed by atoms with Crippen LogP contribution in [-0.2, 0) is 9.59 Å². The number of nitrogens with zero attached hydrogens (tertiary/aromatic N) is 1. The van der Waals surface area contributed by atoms with Crippen LogP contribution in [0, 0.1) is 5.92 Å². The van der Waals surface area contributed by atoms with Crippen LogP contribution in [0.15, 0.2) is 0 Å². The zero-order valence-corrected chi connectivity index (χ0v) is 15.5. The van der Waals surface area contributed by atoms with Crippen molar-refractivity contribution in [3.63, 3.8) is 0 Å². The Morgan fingerprint density at radius 3 is 2.70 bits per heavy atom. The van der Waals surface area contributed by atoms with Crippen molar-refractivity contribution in [1.82, 2.24) is 15.5 Å². The van der Waals surface area contributed by atoms with Crippen molar-refractivity contribution >= 4 is 23.6 Å². The van der Waals surface area contributed by atoms with Gasteiger partial charge >= 0.3 is 0 Å². The van der Waals surface area contributed by atoms with Crippen LogP contribution in [0.5, 0.6) is 0 Å². The summed E-state index contributed by atoms with van der Waals surface area (Å²) in [5.41, 5.74) is 0. The third-order valence-corrected chi connectivity index (χ3v) is 5.70. The quantitative estimate of drug-likeness (QED) is 0.798. The molecule has 23 heavy (non-hydrogen) atoms. The molecule has 2 N–H and O–H groups in total. The van der Waals surface area contributed by atoms with Gasteiger partial charge in [0, 0.05) is 24.4 Å². The molecular formula is C17H31N3O2S. The first-order valence-electron chi connectivity index (χ1n) is 8.78. The molecule has 132 valence electrons. The van der Waals surface area contributed by atoms with Crippen LogP contribution in [0.3, 0.4) is 0 Å². The van der Waals surface area contributed by atoms with Crippen molar-refractivity contribution in [3.8, 4) is 0 Å². The van der Waals surface area contributed by atoms with E-state index >= 15 is 0 Å². The fraction of sp³-hybridized carbons (Fsp3) is 0.882. The summed E-state index contributed by atoms with van der Waals surface area (Å²) < 4.78 is 0.118. The van der Waals surface area contributed by atoms with Gasteiger partial charge in [0.25, 0.3) is 0 Å². The van der Waals surface area contributed by atoms with Gasteiger partial charge in [-0.05, 0) is 38.1 Å². The molecule has 2 fully saturated rings. The van der Waals surface area contributed by atoms with Crippen LogP contribution >= 0.6 is 11.8 Å². The summed E-state index contributed by atoms with van der Waals surface area (Å²) >= 11 is 1.70. The summed E-state index contributed by atoms with van der Waals surface area (Å²) in [6, 6.07) is -0.0143. The topological polar surface area (TPSA) is 61.4 Å². The third kappa shape index (κ3) is 6.34. The fourth-order valence-corrected chi connectivity index (χ4v) is 3.84. The maximum absolute atomic E-state index is 12.3. The average Bonchev–Trinajstić information content (AvgIpc) is 3.04. The molecule has 2 aliphatic heterocycles. The van der Waals surface area contributed by atoms with Gasteiger partial charge in [-0.2, -0.15) is 0 Å². The standard InChI is InChI=1S/C17H31N3O2S/c1-17(2,3)23-12-15(21)20-9-5-6-13(11-20)10-19-16(22)14-7-4-8-18-14/h13-14,18H,4-12H2,1-3H3,(H,19,22). The van der Waals surface area contributed by atoms with E-state index in [0.29, 0.717) is 18.2 Å². The molecule has 0 aromatic carbocycles. The van der Waals surface area contributed by atoms with Gasteiger partial charge in [-0.3, -0.25) is 9.59 Å². The minimum Gasteiger partial charge on any atom is -0.354 e. The van der Waals surface area contributed by atoms with E-state index < -0.39 is 0 Å². The largest absolute Gasteiger partial charge is 0.354 e. The Labute approximate surface area is 144 Å². The van der Waals surface area contributed by atoms with Crippen LogP contribution in [0.4, 0.5) is 0 Å². The van der Waals surface area contributed by atoms with Crippen LogP contribution in [-0.4, -0.2) is 59.4 Å². The molecule has 0 saturated carbocycles. The Morgan fingerprint density at radius 1 is 1.26 bits per heavy atom. The van der Waals surface area contributed by atoms with Crippen molar-refractivity contribution in [1.29, 1.82) is 0 Å². The molecule has 2 amide bonds. The van der Waals surface area contributed by atoms with E-state index in [4.69, 9.17) is 0 Å². The van der Waals surface area contributed by atoms with Gasteiger partial charge in [0.15, 0.2) is 0 Å². The molecule has 0 aromatic heterocycles. The molecule has 2 rings (SSSR count). The lowest BCUT2D eigenvalue weighted by molar-refractivity contribution is -0.130. The second-order valence-electron chi connectivity index (χ2n) is 7.64. The Balaban J connectivity index is 1.72. The summed E-state index contributed by atoms with van der Waals surface area (Å²) in [7, 11) is 0. The number of carbonyl (C=O) groups excluding carboxylic acids is 2. The van der Waals surface area contributed by atoms with Gasteiger partial charge in [-0.15, -0.1) is 11.8 Å². The predicted molar refractivity (Wildman–Crippen MR) is 95.5 cm³/mol. The van der Waals surface area contributed by atoms with Crippen molar-refractivity contribution in [2.24, 2.45) is 5.92 Å². The average molecular weight is 342 g/mol. The summed E-state index contributed by atoms with van der Waals surface area (Å²) in [6.45, 7) is 9.67. The van der Waals surface area contributed by atoms with E-state index in [0.717, 1.165) is 45.3 Å². The van der Waals surface area contributed by atoms with E-state index in [-0.39, 0.29) is 22.6 Å². The Hall–Kier alpha value is -0.750. The highest BCUT2D eigenvalue weighted by molar-refractivity contribution is 8.01. The fourth-order valence-electron chi connectivity index (χ4n) is 3.10. The molecule has 2 unspecified atom stereocenters. The molecule has 0 spiro atoms. The Morgan fingerprint density at radius 2 is 2.04 bits per heavy atom. The van der Waals surface area contributed by atoms with Gasteiger partial charge in [-0.1, -0.05) is 20.8 Å². The highest BCUT2D eigenvalue weighted by atomic mass is 32.2. The molecule has 0 bridgehead atoms. The summed E-state index contributed by atoms with van der Waals surface area (Å²) in [5, 5.41) is 6.29. The second kappa shape index (κ2) is 8.38. The summed E-state index contributed by atoms with van der Waals surface area (Å²) in [6.07, 6.45) is 4.14. The first-order chi connectivity index (χ1) is 10.8. The van der Waals surface area contributed by atoms with Gasteiger partial charge < -0.3 is 15.5 Å². The minimum absolute atomic E-state index is 0.0143. The molecule has 2 aliphatic rings. The second-order valence-corrected chi connectivity index (χ2v) is 9.45. The van der Waals surface area contributed by atoms with Crippen molar-refractivity contribution in [2.75, 3.05) is 31.9 Å². The number of hydrogen-bond acceptors (Lipinski definition) is 4. The van der Waals surface area contributed by atoms with E-state index in [9.17, 15) is 9.59 Å². The van der Waals surface area contributed by atoms with Crippen LogP contribution < -0.4 is 10.6 Å². The molecule has 5 nitrogen and oxygen atoms in total. The van der Waals surface area contributed by atoms with Gasteiger partial charge in [0.2, 0.25) is 11.8 Å². The molecule has 2 heterocycles. The van der Waals surface area contributed by atoms with E-state index in [1.165, 1.54) is 0 Å². The number of carbonyl (C=O) groups is 2. The van der Waals surface area contributed by atoms with Crippen molar-refractivity contribution in [3.05, 3.63) is 0 Å². The smallest absolute Gasteiger partial charge is 0.237 e. The Kier molecular flexibility index (Phi) is 6.77. The number of hydrogen-bond donors (Lipinski definition) is 2. The third-order valence-electron chi connectivity index (χ3n) is 4.44. The van der Waals surface area contributed by atoms with Gasteiger partial charge in [-0.25, -0.2) is 0 Å². The zero-order chi connectivity index (χ0) is 16.9.